The van der Waals surface area contributed by atoms with Gasteiger partial charge in [0.15, 0.2) is 0 Å². The van der Waals surface area contributed by atoms with Gasteiger partial charge in [-0.15, -0.1) is 11.3 Å². The van der Waals surface area contributed by atoms with Gasteiger partial charge < -0.3 is 19.2 Å². The zero-order chi connectivity index (χ0) is 23.4. The fourth-order valence-corrected chi connectivity index (χ4v) is 4.56. The number of benzene rings is 1. The van der Waals surface area contributed by atoms with Crippen molar-refractivity contribution in [3.05, 3.63) is 71.0 Å². The van der Waals surface area contributed by atoms with Crippen molar-refractivity contribution in [1.82, 2.24) is 9.38 Å². The van der Waals surface area contributed by atoms with Crippen molar-refractivity contribution in [3.63, 3.8) is 0 Å². The number of rotatable bonds is 8. The van der Waals surface area contributed by atoms with Crippen LogP contribution in [0.3, 0.4) is 0 Å². The third kappa shape index (κ3) is 4.90. The molecular weight excluding hydrogens is 438 g/mol. The van der Waals surface area contributed by atoms with Crippen molar-refractivity contribution in [2.75, 3.05) is 18.5 Å². The lowest BCUT2D eigenvalue weighted by Gasteiger charge is -2.09. The van der Waals surface area contributed by atoms with Crippen LogP contribution in [0.15, 0.2) is 54.2 Å². The van der Waals surface area contributed by atoms with E-state index in [4.69, 9.17) is 9.47 Å². The predicted molar refractivity (Wildman–Crippen MR) is 129 cm³/mol. The summed E-state index contributed by atoms with van der Waals surface area (Å²) >= 11 is 1.30. The van der Waals surface area contributed by atoms with Crippen molar-refractivity contribution in [2.45, 2.75) is 27.2 Å². The molecule has 0 spiro atoms. The maximum Gasteiger partial charge on any atom is 0.341 e. The van der Waals surface area contributed by atoms with E-state index in [0.29, 0.717) is 28.4 Å². The summed E-state index contributed by atoms with van der Waals surface area (Å²) in [6.07, 6.45) is 3.84. The molecule has 4 aromatic rings. The lowest BCUT2D eigenvalue weighted by Crippen LogP contribution is -2.16. The van der Waals surface area contributed by atoms with Crippen LogP contribution in [0.1, 0.15) is 35.5 Å². The monoisotopic (exact) mass is 463 g/mol. The largest absolute Gasteiger partial charge is 0.494 e. The number of nitrogens with one attached hydrogen (secondary N) is 1. The molecule has 170 valence electrons. The lowest BCUT2D eigenvalue weighted by molar-refractivity contribution is -0.115. The molecule has 1 amide bonds. The first kappa shape index (κ1) is 22.5. The van der Waals surface area contributed by atoms with Crippen LogP contribution < -0.4 is 10.1 Å². The van der Waals surface area contributed by atoms with E-state index in [1.807, 2.05) is 72.4 Å². The first-order valence-corrected chi connectivity index (χ1v) is 11.6. The minimum atomic E-state index is -0.471. The van der Waals surface area contributed by atoms with Crippen molar-refractivity contribution in [1.29, 1.82) is 0 Å². The molecule has 8 heteroatoms. The molecule has 0 fully saturated rings. The number of fused-ring (bicyclic) bond motifs is 1. The van der Waals surface area contributed by atoms with Gasteiger partial charge in [0.1, 0.15) is 22.0 Å². The summed E-state index contributed by atoms with van der Waals surface area (Å²) in [6, 6.07) is 11.4. The maximum atomic E-state index is 12.8. The topological polar surface area (TPSA) is 81.9 Å². The standard InChI is InChI=1S/C25H25N3O4S/c1-4-31-19-10-8-17(9-11-19)20-15-33-24(22(20)25(30)32-5-2)27-21(29)13-18-14-28-12-6-7-16(3)23(28)26-18/h6-12,14-15H,4-5,13H2,1-3H3,(H,27,29). The van der Waals surface area contributed by atoms with Crippen molar-refractivity contribution >= 4 is 33.9 Å². The quantitative estimate of drug-likeness (QED) is 0.367. The smallest absolute Gasteiger partial charge is 0.341 e. The lowest BCUT2D eigenvalue weighted by atomic mass is 10.0. The van der Waals surface area contributed by atoms with E-state index in [1.165, 1.54) is 11.3 Å². The highest BCUT2D eigenvalue weighted by molar-refractivity contribution is 7.15. The second kappa shape index (κ2) is 9.87. The number of amides is 1. The number of hydrogen-bond acceptors (Lipinski definition) is 6. The Bertz CT molecular complexity index is 1290. The molecule has 0 radical (unpaired) electrons. The Morgan fingerprint density at radius 1 is 1.12 bits per heavy atom. The Hall–Kier alpha value is -3.65. The van der Waals surface area contributed by atoms with Gasteiger partial charge in [-0.2, -0.15) is 0 Å². The molecule has 0 saturated carbocycles. The zero-order valence-electron chi connectivity index (χ0n) is 18.8. The fraction of sp³-hybridized carbons (Fsp3) is 0.240. The number of nitrogens with zero attached hydrogens (tertiary/aromatic N) is 2. The van der Waals surface area contributed by atoms with Gasteiger partial charge in [0.2, 0.25) is 5.91 Å². The Balaban J connectivity index is 1.59. The molecule has 0 aliphatic rings. The molecule has 0 aliphatic carbocycles. The highest BCUT2D eigenvalue weighted by Gasteiger charge is 2.23. The Kier molecular flexibility index (Phi) is 6.74. The minimum Gasteiger partial charge on any atom is -0.494 e. The van der Waals surface area contributed by atoms with Crippen LogP contribution in [0.2, 0.25) is 0 Å². The van der Waals surface area contributed by atoms with Gasteiger partial charge in [-0.05, 0) is 50.1 Å². The van der Waals surface area contributed by atoms with Gasteiger partial charge in [-0.1, -0.05) is 18.2 Å². The summed E-state index contributed by atoms with van der Waals surface area (Å²) in [5, 5.41) is 5.20. The highest BCUT2D eigenvalue weighted by atomic mass is 32.1. The molecular formula is C25H25N3O4S. The molecule has 0 saturated heterocycles. The molecule has 33 heavy (non-hydrogen) atoms. The molecule has 1 N–H and O–H groups in total. The summed E-state index contributed by atoms with van der Waals surface area (Å²) in [6.45, 7) is 6.48. The van der Waals surface area contributed by atoms with E-state index in [1.54, 1.807) is 6.92 Å². The summed E-state index contributed by atoms with van der Waals surface area (Å²) < 4.78 is 12.7. The molecule has 0 unspecified atom stereocenters. The Morgan fingerprint density at radius 2 is 1.91 bits per heavy atom. The summed E-state index contributed by atoms with van der Waals surface area (Å²) in [5.41, 5.74) is 4.41. The molecule has 4 rings (SSSR count). The first-order chi connectivity index (χ1) is 16.0. The number of imidazole rings is 1. The Morgan fingerprint density at radius 3 is 2.61 bits per heavy atom. The second-order valence-electron chi connectivity index (χ2n) is 7.41. The summed E-state index contributed by atoms with van der Waals surface area (Å²) in [7, 11) is 0. The van der Waals surface area contributed by atoms with E-state index < -0.39 is 5.97 Å². The van der Waals surface area contributed by atoms with Crippen molar-refractivity contribution in [2.24, 2.45) is 0 Å². The number of aromatic nitrogens is 2. The highest BCUT2D eigenvalue weighted by Crippen LogP contribution is 2.37. The van der Waals surface area contributed by atoms with Gasteiger partial charge in [-0.3, -0.25) is 4.79 Å². The van der Waals surface area contributed by atoms with Crippen molar-refractivity contribution < 1.29 is 19.1 Å². The number of carbonyl (C=O) groups is 2. The summed E-state index contributed by atoms with van der Waals surface area (Å²) in [4.78, 5) is 30.2. The van der Waals surface area contributed by atoms with Crippen LogP contribution in [0.5, 0.6) is 5.75 Å². The summed E-state index contributed by atoms with van der Waals surface area (Å²) in [5.74, 6) is 0.0355. The maximum absolute atomic E-state index is 12.8. The molecule has 0 aliphatic heterocycles. The number of esters is 1. The van der Waals surface area contributed by atoms with Gasteiger partial charge >= 0.3 is 5.97 Å². The Labute approximate surface area is 196 Å². The van der Waals surface area contributed by atoms with Crippen LogP contribution in [0.25, 0.3) is 16.8 Å². The van der Waals surface area contributed by atoms with Crippen LogP contribution in [-0.4, -0.2) is 34.5 Å². The van der Waals surface area contributed by atoms with E-state index in [-0.39, 0.29) is 18.9 Å². The number of ether oxygens (including phenoxy) is 2. The number of pyridine rings is 1. The van der Waals surface area contributed by atoms with E-state index in [9.17, 15) is 9.59 Å². The van der Waals surface area contributed by atoms with Crippen molar-refractivity contribution in [3.8, 4) is 16.9 Å². The molecule has 0 atom stereocenters. The fourth-order valence-electron chi connectivity index (χ4n) is 3.59. The molecule has 0 bridgehead atoms. The average molecular weight is 464 g/mol. The molecule has 3 heterocycles. The number of thiophene rings is 1. The second-order valence-corrected chi connectivity index (χ2v) is 8.29. The normalized spacial score (nSPS) is 10.9. The van der Waals surface area contributed by atoms with Crippen LogP contribution >= 0.6 is 11.3 Å². The number of carbonyl (C=O) groups excluding carboxylic acids is 2. The average Bonchev–Trinajstić information content (AvgIpc) is 3.39. The van der Waals surface area contributed by atoms with Crippen LogP contribution in [0, 0.1) is 6.92 Å². The molecule has 1 aromatic carbocycles. The van der Waals surface area contributed by atoms with E-state index >= 15 is 0 Å². The van der Waals surface area contributed by atoms with Gasteiger partial charge in [0.25, 0.3) is 0 Å². The first-order valence-electron chi connectivity index (χ1n) is 10.7. The van der Waals surface area contributed by atoms with Gasteiger partial charge in [0, 0.05) is 23.3 Å². The third-order valence-electron chi connectivity index (χ3n) is 5.07. The minimum absolute atomic E-state index is 0.0969. The third-order valence-corrected chi connectivity index (χ3v) is 5.96. The van der Waals surface area contributed by atoms with Crippen LogP contribution in [-0.2, 0) is 16.0 Å². The number of hydrogen-bond donors (Lipinski definition) is 1. The van der Waals surface area contributed by atoms with E-state index in [2.05, 4.69) is 10.3 Å². The SMILES string of the molecule is CCOC(=O)c1c(-c2ccc(OCC)cc2)csc1NC(=O)Cc1cn2cccc(C)c2n1. The molecule has 7 nitrogen and oxygen atoms in total. The molecule has 3 aromatic heterocycles. The van der Waals surface area contributed by atoms with Crippen LogP contribution in [0.4, 0.5) is 5.00 Å². The number of aryl methyl sites for hydroxylation is 1. The predicted octanol–water partition coefficient (Wildman–Crippen LogP) is 5.13. The van der Waals surface area contributed by atoms with Gasteiger partial charge in [0.05, 0.1) is 25.3 Å². The van der Waals surface area contributed by atoms with E-state index in [0.717, 1.165) is 22.5 Å². The number of anilines is 1. The van der Waals surface area contributed by atoms with Gasteiger partial charge in [-0.25, -0.2) is 9.78 Å². The zero-order valence-corrected chi connectivity index (χ0v) is 19.6.